The number of hydrogen-bond donors (Lipinski definition) is 1. The van der Waals surface area contributed by atoms with Crippen LogP contribution in [-0.4, -0.2) is 28.8 Å². The summed E-state index contributed by atoms with van der Waals surface area (Å²) in [5.41, 5.74) is 3.17. The van der Waals surface area contributed by atoms with Gasteiger partial charge in [-0.3, -0.25) is 0 Å². The lowest BCUT2D eigenvalue weighted by molar-refractivity contribution is 0.417. The fraction of sp³-hybridized carbons (Fsp3) is 0.211. The first-order chi connectivity index (χ1) is 12.7. The number of fused-ring (bicyclic) bond motifs is 1. The van der Waals surface area contributed by atoms with Crippen LogP contribution in [-0.2, 0) is 6.42 Å². The number of para-hydroxylation sites is 1. The summed E-state index contributed by atoms with van der Waals surface area (Å²) in [6, 6.07) is 13.7. The molecule has 0 fully saturated rings. The number of nitrogens with zero attached hydrogens (tertiary/aromatic N) is 4. The molecule has 26 heavy (non-hydrogen) atoms. The molecule has 3 aromatic rings. The monoisotopic (exact) mass is 367 g/mol. The van der Waals surface area contributed by atoms with Crippen molar-refractivity contribution in [3.05, 3.63) is 59.2 Å². The lowest BCUT2D eigenvalue weighted by Gasteiger charge is -2.29. The summed E-state index contributed by atoms with van der Waals surface area (Å²) in [7, 11) is 1.61. The van der Waals surface area contributed by atoms with Crippen LogP contribution in [0.1, 0.15) is 12.0 Å². The van der Waals surface area contributed by atoms with E-state index in [-0.39, 0.29) is 0 Å². The summed E-state index contributed by atoms with van der Waals surface area (Å²) in [5, 5.41) is 12.2. The maximum Gasteiger partial charge on any atom is 0.251 e. The Labute approximate surface area is 156 Å². The number of rotatable bonds is 4. The molecule has 1 aliphatic rings. The van der Waals surface area contributed by atoms with Crippen LogP contribution in [0.3, 0.4) is 0 Å². The van der Waals surface area contributed by atoms with Gasteiger partial charge in [0.25, 0.3) is 5.95 Å². The first kappa shape index (κ1) is 16.6. The molecule has 4 rings (SSSR count). The van der Waals surface area contributed by atoms with E-state index in [0.717, 1.165) is 30.8 Å². The zero-order valence-electron chi connectivity index (χ0n) is 14.3. The van der Waals surface area contributed by atoms with Gasteiger partial charge >= 0.3 is 0 Å². The van der Waals surface area contributed by atoms with Gasteiger partial charge in [-0.2, -0.15) is 10.1 Å². The number of nitrogens with one attached hydrogen (secondary N) is 1. The molecule has 6 nitrogen and oxygen atoms in total. The Morgan fingerprint density at radius 3 is 2.96 bits per heavy atom. The molecule has 0 radical (unpaired) electrons. The smallest absolute Gasteiger partial charge is 0.251 e. The van der Waals surface area contributed by atoms with Crippen LogP contribution < -0.4 is 15.0 Å². The van der Waals surface area contributed by atoms with Crippen molar-refractivity contribution in [3.63, 3.8) is 0 Å². The van der Waals surface area contributed by atoms with Crippen LogP contribution in [0.5, 0.6) is 5.75 Å². The van der Waals surface area contributed by atoms with E-state index in [4.69, 9.17) is 16.3 Å². The molecular weight excluding hydrogens is 350 g/mol. The van der Waals surface area contributed by atoms with Crippen LogP contribution >= 0.6 is 11.6 Å². The van der Waals surface area contributed by atoms with E-state index in [2.05, 4.69) is 43.6 Å². The summed E-state index contributed by atoms with van der Waals surface area (Å²) in [4.78, 5) is 6.74. The zero-order valence-corrected chi connectivity index (χ0v) is 15.1. The van der Waals surface area contributed by atoms with Crippen molar-refractivity contribution in [2.45, 2.75) is 12.8 Å². The highest BCUT2D eigenvalue weighted by Gasteiger charge is 2.20. The minimum Gasteiger partial charge on any atom is -0.495 e. The number of aryl methyl sites for hydroxylation is 1. The van der Waals surface area contributed by atoms with E-state index < -0.39 is 0 Å². The number of aromatic nitrogens is 3. The van der Waals surface area contributed by atoms with Crippen molar-refractivity contribution in [2.24, 2.45) is 0 Å². The van der Waals surface area contributed by atoms with Crippen LogP contribution in [0.4, 0.5) is 23.1 Å². The first-order valence-electron chi connectivity index (χ1n) is 8.40. The Bertz CT molecular complexity index is 933. The Hall–Kier alpha value is -2.86. The third-order valence-electron chi connectivity index (χ3n) is 4.32. The number of hydrogen-bond acceptors (Lipinski definition) is 6. The van der Waals surface area contributed by atoms with Crippen LogP contribution in [0.2, 0.25) is 5.02 Å². The van der Waals surface area contributed by atoms with Crippen molar-refractivity contribution in [1.82, 2.24) is 15.2 Å². The minimum absolute atomic E-state index is 0.572. The Balaban J connectivity index is 1.65. The molecule has 7 heteroatoms. The van der Waals surface area contributed by atoms with Gasteiger partial charge in [-0.15, -0.1) is 5.10 Å². The van der Waals surface area contributed by atoms with Crippen LogP contribution in [0, 0.1) is 0 Å². The maximum absolute atomic E-state index is 6.10. The molecule has 1 aromatic heterocycles. The van der Waals surface area contributed by atoms with Crippen molar-refractivity contribution < 1.29 is 4.74 Å². The highest BCUT2D eigenvalue weighted by Crippen LogP contribution is 2.33. The first-order valence-corrected chi connectivity index (χ1v) is 8.78. The molecule has 0 atom stereocenters. The van der Waals surface area contributed by atoms with E-state index in [0.29, 0.717) is 22.5 Å². The number of methoxy groups -OCH3 is 1. The molecular formula is C19H18ClN5O. The van der Waals surface area contributed by atoms with E-state index in [1.165, 1.54) is 5.56 Å². The molecule has 0 saturated heterocycles. The minimum atomic E-state index is 0.572. The van der Waals surface area contributed by atoms with Gasteiger partial charge < -0.3 is 15.0 Å². The quantitative estimate of drug-likeness (QED) is 0.739. The molecule has 0 unspecified atom stereocenters. The molecule has 2 aromatic carbocycles. The van der Waals surface area contributed by atoms with Gasteiger partial charge in [-0.1, -0.05) is 29.8 Å². The van der Waals surface area contributed by atoms with E-state index >= 15 is 0 Å². The third-order valence-corrected chi connectivity index (χ3v) is 4.56. The van der Waals surface area contributed by atoms with Gasteiger partial charge in [0, 0.05) is 17.3 Å². The van der Waals surface area contributed by atoms with Gasteiger partial charge in [-0.25, -0.2) is 0 Å². The summed E-state index contributed by atoms with van der Waals surface area (Å²) >= 11 is 6.10. The molecule has 0 spiro atoms. The predicted molar refractivity (Wildman–Crippen MR) is 103 cm³/mol. The van der Waals surface area contributed by atoms with Gasteiger partial charge in [0.15, 0.2) is 5.82 Å². The zero-order chi connectivity index (χ0) is 17.9. The Morgan fingerprint density at radius 2 is 2.08 bits per heavy atom. The largest absolute Gasteiger partial charge is 0.495 e. The summed E-state index contributed by atoms with van der Waals surface area (Å²) in [5.74, 6) is 1.83. The predicted octanol–water partition coefficient (Wildman–Crippen LogP) is 4.36. The van der Waals surface area contributed by atoms with Crippen molar-refractivity contribution in [2.75, 3.05) is 23.9 Å². The fourth-order valence-electron chi connectivity index (χ4n) is 3.13. The highest BCUT2D eigenvalue weighted by atomic mass is 35.5. The second-order valence-electron chi connectivity index (χ2n) is 6.00. The van der Waals surface area contributed by atoms with E-state index in [1.807, 2.05) is 6.07 Å². The SMILES string of the molecule is COc1ccc(Cl)cc1Nc1cnnc(N2CCCc3ccccc32)n1. The van der Waals surface area contributed by atoms with Gasteiger partial charge in [0.2, 0.25) is 0 Å². The average Bonchev–Trinajstić information content (AvgIpc) is 2.68. The summed E-state index contributed by atoms with van der Waals surface area (Å²) < 4.78 is 5.37. The average molecular weight is 368 g/mol. The number of benzene rings is 2. The normalized spacial score (nSPS) is 13.2. The molecule has 1 N–H and O–H groups in total. The molecule has 132 valence electrons. The molecule has 1 aliphatic heterocycles. The molecule has 2 heterocycles. The van der Waals surface area contributed by atoms with E-state index in [1.54, 1.807) is 31.5 Å². The van der Waals surface area contributed by atoms with Crippen LogP contribution in [0.25, 0.3) is 0 Å². The van der Waals surface area contributed by atoms with Gasteiger partial charge in [0.05, 0.1) is 19.0 Å². The number of ether oxygens (including phenoxy) is 1. The lowest BCUT2D eigenvalue weighted by atomic mass is 10.0. The van der Waals surface area contributed by atoms with Gasteiger partial charge in [0.1, 0.15) is 5.75 Å². The lowest BCUT2D eigenvalue weighted by Crippen LogP contribution is -2.26. The standard InChI is InChI=1S/C19H18ClN5O/c1-26-17-9-8-14(20)11-15(17)22-18-12-21-24-19(23-18)25-10-4-6-13-5-2-3-7-16(13)25/h2-3,5,7-9,11-12H,4,6,10H2,1H3,(H,22,23,24). The topological polar surface area (TPSA) is 63.2 Å². The summed E-state index contributed by atoms with van der Waals surface area (Å²) in [6.07, 6.45) is 3.71. The second-order valence-corrected chi connectivity index (χ2v) is 6.43. The van der Waals surface area contributed by atoms with Crippen molar-refractivity contribution in [3.8, 4) is 5.75 Å². The summed E-state index contributed by atoms with van der Waals surface area (Å²) in [6.45, 7) is 0.864. The van der Waals surface area contributed by atoms with Crippen molar-refractivity contribution in [1.29, 1.82) is 0 Å². The molecule has 0 bridgehead atoms. The van der Waals surface area contributed by atoms with E-state index in [9.17, 15) is 0 Å². The Morgan fingerprint density at radius 1 is 1.19 bits per heavy atom. The third kappa shape index (κ3) is 3.28. The number of anilines is 4. The molecule has 0 amide bonds. The maximum atomic E-state index is 6.10. The van der Waals surface area contributed by atoms with Crippen LogP contribution in [0.15, 0.2) is 48.7 Å². The Kier molecular flexibility index (Phi) is 4.58. The molecule has 0 saturated carbocycles. The fourth-order valence-corrected chi connectivity index (χ4v) is 3.30. The van der Waals surface area contributed by atoms with Crippen molar-refractivity contribution >= 4 is 34.7 Å². The highest BCUT2D eigenvalue weighted by molar-refractivity contribution is 6.31. The second kappa shape index (κ2) is 7.17. The van der Waals surface area contributed by atoms with Gasteiger partial charge in [-0.05, 0) is 42.7 Å². The number of halogens is 1. The molecule has 0 aliphatic carbocycles.